The Balaban J connectivity index is 2.08. The first-order valence-electron chi connectivity index (χ1n) is 9.09. The molecule has 3 rings (SSSR count). The van der Waals surface area contributed by atoms with Crippen molar-refractivity contribution in [1.82, 2.24) is 0 Å². The van der Waals surface area contributed by atoms with Gasteiger partial charge in [-0.15, -0.1) is 0 Å². The third-order valence-electron chi connectivity index (χ3n) is 5.08. The van der Waals surface area contributed by atoms with Crippen LogP contribution in [0.1, 0.15) is 40.7 Å². The summed E-state index contributed by atoms with van der Waals surface area (Å²) in [6.45, 7) is 2.07. The Hall–Kier alpha value is -2.82. The van der Waals surface area contributed by atoms with Crippen molar-refractivity contribution in [2.24, 2.45) is 5.92 Å². The van der Waals surface area contributed by atoms with Crippen molar-refractivity contribution in [1.29, 1.82) is 0 Å². The van der Waals surface area contributed by atoms with E-state index in [0.29, 0.717) is 30.1 Å². The van der Waals surface area contributed by atoms with E-state index in [0.717, 1.165) is 11.1 Å². The van der Waals surface area contributed by atoms with Crippen molar-refractivity contribution >= 4 is 11.8 Å². The molecule has 5 heteroatoms. The number of ketones is 1. The first kappa shape index (κ1) is 19.0. The molecule has 2 aromatic carbocycles. The van der Waals surface area contributed by atoms with Gasteiger partial charge in [-0.05, 0) is 37.0 Å². The van der Waals surface area contributed by atoms with Gasteiger partial charge < -0.3 is 14.2 Å². The number of methoxy groups -OCH3 is 2. The van der Waals surface area contributed by atoms with Crippen molar-refractivity contribution in [3.8, 4) is 11.5 Å². The Morgan fingerprint density at radius 2 is 1.81 bits per heavy atom. The second kappa shape index (κ2) is 8.25. The van der Waals surface area contributed by atoms with E-state index < -0.39 is 5.92 Å². The van der Waals surface area contributed by atoms with Gasteiger partial charge in [0.2, 0.25) is 0 Å². The van der Waals surface area contributed by atoms with Gasteiger partial charge in [0.15, 0.2) is 17.3 Å². The number of ether oxygens (including phenoxy) is 3. The zero-order valence-corrected chi connectivity index (χ0v) is 15.9. The fourth-order valence-electron chi connectivity index (χ4n) is 3.85. The summed E-state index contributed by atoms with van der Waals surface area (Å²) < 4.78 is 16.1. The molecule has 0 spiro atoms. The van der Waals surface area contributed by atoms with Crippen LogP contribution in [0.5, 0.6) is 11.5 Å². The lowest BCUT2D eigenvalue weighted by atomic mass is 9.70. The standard InChI is InChI=1S/C22H24O5/c1-4-27-20(23)13-17-16(14-8-6-5-7-9-14)12-18-15(21(17)24)10-11-19(25-2)22(18)26-3/h5-11,16-17H,4,12-13H2,1-3H3. The Labute approximate surface area is 159 Å². The minimum atomic E-state index is -0.461. The number of carbonyl (C=O) groups is 2. The Morgan fingerprint density at radius 3 is 2.44 bits per heavy atom. The molecular weight excluding hydrogens is 344 g/mol. The molecule has 2 aromatic rings. The molecule has 0 aromatic heterocycles. The van der Waals surface area contributed by atoms with Gasteiger partial charge in [0.05, 0.1) is 27.2 Å². The summed E-state index contributed by atoms with van der Waals surface area (Å²) in [5.74, 6) is 0.187. The summed E-state index contributed by atoms with van der Waals surface area (Å²) in [7, 11) is 3.15. The van der Waals surface area contributed by atoms with E-state index in [1.54, 1.807) is 33.3 Å². The maximum Gasteiger partial charge on any atom is 0.306 e. The molecule has 142 valence electrons. The van der Waals surface area contributed by atoms with E-state index >= 15 is 0 Å². The van der Waals surface area contributed by atoms with Gasteiger partial charge in [0, 0.05) is 17.0 Å². The predicted octanol–water partition coefficient (Wildman–Crippen LogP) is 3.80. The van der Waals surface area contributed by atoms with E-state index in [1.165, 1.54) is 0 Å². The maximum absolute atomic E-state index is 13.3. The highest BCUT2D eigenvalue weighted by atomic mass is 16.5. The monoisotopic (exact) mass is 368 g/mol. The van der Waals surface area contributed by atoms with Crippen molar-refractivity contribution in [2.45, 2.75) is 25.7 Å². The number of fused-ring (bicyclic) bond motifs is 1. The van der Waals surface area contributed by atoms with E-state index in [9.17, 15) is 9.59 Å². The average molecular weight is 368 g/mol. The van der Waals surface area contributed by atoms with Crippen LogP contribution in [0.3, 0.4) is 0 Å². The quantitative estimate of drug-likeness (QED) is 0.726. The maximum atomic E-state index is 13.3. The summed E-state index contributed by atoms with van der Waals surface area (Å²) >= 11 is 0. The topological polar surface area (TPSA) is 61.8 Å². The normalized spacial score (nSPS) is 18.6. The summed E-state index contributed by atoms with van der Waals surface area (Å²) in [5, 5.41) is 0. The predicted molar refractivity (Wildman–Crippen MR) is 102 cm³/mol. The summed E-state index contributed by atoms with van der Waals surface area (Å²) in [6.07, 6.45) is 0.662. The molecule has 0 saturated heterocycles. The lowest BCUT2D eigenvalue weighted by Crippen LogP contribution is -2.32. The molecule has 0 heterocycles. The molecule has 0 radical (unpaired) electrons. The van der Waals surface area contributed by atoms with Gasteiger partial charge in [-0.25, -0.2) is 0 Å². The van der Waals surface area contributed by atoms with Gasteiger partial charge in [0.25, 0.3) is 0 Å². The second-order valence-corrected chi connectivity index (χ2v) is 6.53. The van der Waals surface area contributed by atoms with Crippen LogP contribution in [-0.4, -0.2) is 32.6 Å². The molecule has 0 N–H and O–H groups in total. The highest BCUT2D eigenvalue weighted by Crippen LogP contribution is 2.45. The third-order valence-corrected chi connectivity index (χ3v) is 5.08. The van der Waals surface area contributed by atoms with Crippen LogP contribution in [0.15, 0.2) is 42.5 Å². The number of carbonyl (C=O) groups excluding carboxylic acids is 2. The molecular formula is C22H24O5. The van der Waals surface area contributed by atoms with Gasteiger partial charge in [-0.3, -0.25) is 9.59 Å². The summed E-state index contributed by atoms with van der Waals surface area (Å²) in [5.41, 5.74) is 2.45. The molecule has 2 atom stereocenters. The zero-order chi connectivity index (χ0) is 19.4. The molecule has 1 aliphatic rings. The van der Waals surface area contributed by atoms with E-state index in [2.05, 4.69) is 0 Å². The second-order valence-electron chi connectivity index (χ2n) is 6.53. The largest absolute Gasteiger partial charge is 0.493 e. The number of hydrogen-bond donors (Lipinski definition) is 0. The highest BCUT2D eigenvalue weighted by Gasteiger charge is 2.39. The average Bonchev–Trinajstić information content (AvgIpc) is 2.69. The van der Waals surface area contributed by atoms with Crippen LogP contribution in [0.2, 0.25) is 0 Å². The minimum Gasteiger partial charge on any atom is -0.493 e. The van der Waals surface area contributed by atoms with E-state index in [1.807, 2.05) is 30.3 Å². The molecule has 0 fully saturated rings. The van der Waals surface area contributed by atoms with Crippen LogP contribution in [0.4, 0.5) is 0 Å². The molecule has 2 unspecified atom stereocenters. The molecule has 0 bridgehead atoms. The van der Waals surface area contributed by atoms with Crippen molar-refractivity contribution < 1.29 is 23.8 Å². The van der Waals surface area contributed by atoms with E-state index in [4.69, 9.17) is 14.2 Å². The highest BCUT2D eigenvalue weighted by molar-refractivity contribution is 6.03. The van der Waals surface area contributed by atoms with Crippen molar-refractivity contribution in [3.05, 3.63) is 59.2 Å². The SMILES string of the molecule is CCOC(=O)CC1C(=O)c2ccc(OC)c(OC)c2CC1c1ccccc1. The van der Waals surface area contributed by atoms with Gasteiger partial charge >= 0.3 is 5.97 Å². The molecule has 1 aliphatic carbocycles. The molecule has 27 heavy (non-hydrogen) atoms. The first-order valence-corrected chi connectivity index (χ1v) is 9.09. The minimum absolute atomic E-state index is 0.0564. The number of Topliss-reactive ketones (excluding diaryl/α,β-unsaturated/α-hetero) is 1. The van der Waals surface area contributed by atoms with Gasteiger partial charge in [0.1, 0.15) is 0 Å². The fourth-order valence-corrected chi connectivity index (χ4v) is 3.85. The van der Waals surface area contributed by atoms with Crippen molar-refractivity contribution in [3.63, 3.8) is 0 Å². The van der Waals surface area contributed by atoms with Crippen LogP contribution in [0.25, 0.3) is 0 Å². The fraction of sp³-hybridized carbons (Fsp3) is 0.364. The smallest absolute Gasteiger partial charge is 0.306 e. The number of hydrogen-bond acceptors (Lipinski definition) is 5. The number of rotatable bonds is 6. The van der Waals surface area contributed by atoms with Crippen LogP contribution >= 0.6 is 0 Å². The summed E-state index contributed by atoms with van der Waals surface area (Å²) in [6, 6.07) is 13.3. The zero-order valence-electron chi connectivity index (χ0n) is 15.9. The number of esters is 1. The van der Waals surface area contributed by atoms with Crippen LogP contribution < -0.4 is 9.47 Å². The van der Waals surface area contributed by atoms with Crippen molar-refractivity contribution in [2.75, 3.05) is 20.8 Å². The lowest BCUT2D eigenvalue weighted by Gasteiger charge is -2.33. The van der Waals surface area contributed by atoms with Crippen LogP contribution in [0, 0.1) is 5.92 Å². The Bertz CT molecular complexity index is 828. The molecule has 0 saturated carbocycles. The van der Waals surface area contributed by atoms with Crippen LogP contribution in [-0.2, 0) is 16.0 Å². The third kappa shape index (κ3) is 3.68. The van der Waals surface area contributed by atoms with Gasteiger partial charge in [-0.2, -0.15) is 0 Å². The molecule has 0 amide bonds. The van der Waals surface area contributed by atoms with E-state index in [-0.39, 0.29) is 24.1 Å². The molecule has 5 nitrogen and oxygen atoms in total. The Morgan fingerprint density at radius 1 is 1.07 bits per heavy atom. The lowest BCUT2D eigenvalue weighted by molar-refractivity contribution is -0.144. The number of benzene rings is 2. The Kier molecular flexibility index (Phi) is 5.79. The van der Waals surface area contributed by atoms with Gasteiger partial charge in [-0.1, -0.05) is 30.3 Å². The first-order chi connectivity index (χ1) is 13.1. The molecule has 0 aliphatic heterocycles. The summed E-state index contributed by atoms with van der Waals surface area (Å²) in [4.78, 5) is 25.5.